The van der Waals surface area contributed by atoms with Crippen LogP contribution < -0.4 is 5.32 Å². The Balaban J connectivity index is 1.37. The summed E-state index contributed by atoms with van der Waals surface area (Å²) in [6.45, 7) is 3.00. The zero-order valence-electron chi connectivity index (χ0n) is 20.8. The molecule has 0 aliphatic carbocycles. The van der Waals surface area contributed by atoms with Crippen LogP contribution in [0.1, 0.15) is 76.7 Å². The predicted molar refractivity (Wildman–Crippen MR) is 149 cm³/mol. The van der Waals surface area contributed by atoms with Crippen LogP contribution in [0.15, 0.2) is 60.1 Å². The number of amides is 1. The number of hydrogen-bond acceptors (Lipinski definition) is 4. The number of phenols is 1. The number of carbonyl (C=O) groups is 1. The number of thiazole rings is 1. The molecule has 0 saturated carbocycles. The lowest BCUT2D eigenvalue weighted by molar-refractivity contribution is -0.116. The molecule has 186 valence electrons. The van der Waals surface area contributed by atoms with Gasteiger partial charge in [0.05, 0.1) is 16.1 Å². The van der Waals surface area contributed by atoms with Crippen LogP contribution in [0, 0.1) is 0 Å². The first-order chi connectivity index (χ1) is 17.2. The number of hydrogen-bond donors (Lipinski definition) is 2. The van der Waals surface area contributed by atoms with E-state index in [0.717, 1.165) is 40.2 Å². The minimum Gasteiger partial charge on any atom is -0.508 e. The highest BCUT2D eigenvalue weighted by Crippen LogP contribution is 2.35. The Kier molecular flexibility index (Phi) is 11.6. The van der Waals surface area contributed by atoms with Gasteiger partial charge in [0.2, 0.25) is 5.91 Å². The van der Waals surface area contributed by atoms with Gasteiger partial charge in [-0.25, -0.2) is 4.98 Å². The second-order valence-corrected chi connectivity index (χ2v) is 9.86. The largest absolute Gasteiger partial charge is 0.508 e. The lowest BCUT2D eigenvalue weighted by atomic mass is 10.1. The average Bonchev–Trinajstić information content (AvgIpc) is 3.37. The maximum absolute atomic E-state index is 12.1. The number of unbranched alkanes of at least 4 members (excludes halogenated alkanes) is 9. The number of rotatable bonds is 15. The summed E-state index contributed by atoms with van der Waals surface area (Å²) in [7, 11) is 0. The van der Waals surface area contributed by atoms with E-state index in [-0.39, 0.29) is 11.7 Å². The number of benzene rings is 2. The summed E-state index contributed by atoms with van der Waals surface area (Å²) in [6, 6.07) is 15.2. The molecule has 35 heavy (non-hydrogen) atoms. The first-order valence-electron chi connectivity index (χ1n) is 13.0. The third kappa shape index (κ3) is 9.33. The third-order valence-corrected chi connectivity index (χ3v) is 7.01. The highest BCUT2D eigenvalue weighted by atomic mass is 32.1. The molecule has 5 heteroatoms. The van der Waals surface area contributed by atoms with Gasteiger partial charge >= 0.3 is 0 Å². The molecule has 0 fully saturated rings. The van der Waals surface area contributed by atoms with Crippen LogP contribution in [0.4, 0.5) is 0 Å². The molecule has 1 aromatic heterocycles. The van der Waals surface area contributed by atoms with Crippen LogP contribution in [0.3, 0.4) is 0 Å². The first-order valence-corrected chi connectivity index (χ1v) is 13.8. The molecule has 2 N–H and O–H groups in total. The van der Waals surface area contributed by atoms with Crippen molar-refractivity contribution in [3.8, 4) is 27.4 Å². The Bertz CT molecular complexity index is 1040. The van der Waals surface area contributed by atoms with Gasteiger partial charge in [-0.3, -0.25) is 4.79 Å². The Hall–Kier alpha value is -2.92. The first kappa shape index (κ1) is 26.7. The van der Waals surface area contributed by atoms with Gasteiger partial charge in [0.1, 0.15) is 5.75 Å². The molecule has 0 spiro atoms. The molecule has 3 rings (SSSR count). The third-order valence-electron chi connectivity index (χ3n) is 6.14. The lowest BCUT2D eigenvalue weighted by Gasteiger charge is -2.05. The van der Waals surface area contributed by atoms with Gasteiger partial charge in [0.25, 0.3) is 0 Å². The van der Waals surface area contributed by atoms with Gasteiger partial charge in [-0.15, -0.1) is 11.3 Å². The Morgan fingerprint density at radius 3 is 2.11 bits per heavy atom. The maximum Gasteiger partial charge on any atom is 0.243 e. The van der Waals surface area contributed by atoms with Crippen molar-refractivity contribution in [2.75, 3.05) is 6.54 Å². The second-order valence-electron chi connectivity index (χ2n) is 9.01. The highest BCUT2D eigenvalue weighted by molar-refractivity contribution is 7.13. The van der Waals surface area contributed by atoms with E-state index in [4.69, 9.17) is 0 Å². The molecular formula is C30H38N2O2S. The summed E-state index contributed by atoms with van der Waals surface area (Å²) in [5.41, 5.74) is 5.79. The van der Waals surface area contributed by atoms with E-state index in [1.807, 2.05) is 35.9 Å². The van der Waals surface area contributed by atoms with E-state index in [0.29, 0.717) is 0 Å². The van der Waals surface area contributed by atoms with Crippen LogP contribution in [0.5, 0.6) is 5.75 Å². The smallest absolute Gasteiger partial charge is 0.243 e. The molecule has 0 aliphatic heterocycles. The van der Waals surface area contributed by atoms with E-state index in [2.05, 4.69) is 29.4 Å². The average molecular weight is 491 g/mol. The molecule has 0 atom stereocenters. The van der Waals surface area contributed by atoms with Crippen molar-refractivity contribution in [3.05, 3.63) is 65.7 Å². The van der Waals surface area contributed by atoms with Gasteiger partial charge in [0, 0.05) is 18.2 Å². The monoisotopic (exact) mass is 490 g/mol. The zero-order valence-corrected chi connectivity index (χ0v) is 21.7. The molecule has 0 radical (unpaired) electrons. The normalized spacial score (nSPS) is 11.2. The van der Waals surface area contributed by atoms with Crippen LogP contribution >= 0.6 is 11.3 Å². The second kappa shape index (κ2) is 15.2. The minimum atomic E-state index is -0.0397. The molecule has 0 unspecified atom stereocenters. The summed E-state index contributed by atoms with van der Waals surface area (Å²) in [5, 5.41) is 12.5. The van der Waals surface area contributed by atoms with Crippen LogP contribution in [0.2, 0.25) is 0 Å². The van der Waals surface area contributed by atoms with E-state index in [1.54, 1.807) is 29.5 Å². The molecular weight excluding hydrogens is 452 g/mol. The topological polar surface area (TPSA) is 62.2 Å². The predicted octanol–water partition coefficient (Wildman–Crippen LogP) is 8.23. The van der Waals surface area contributed by atoms with Gasteiger partial charge in [-0.1, -0.05) is 89.0 Å². The maximum atomic E-state index is 12.1. The molecule has 1 amide bonds. The van der Waals surface area contributed by atoms with Gasteiger partial charge in [0.15, 0.2) is 0 Å². The number of nitrogens with one attached hydrogen (secondary N) is 1. The fraction of sp³-hybridized carbons (Fsp3) is 0.400. The van der Waals surface area contributed by atoms with E-state index in [1.165, 1.54) is 57.8 Å². The standard InChI is InChI=1S/C30H38N2O2S/c1-2-3-4-5-6-7-8-9-10-11-22-31-28(34)21-14-24-12-15-26(16-13-24)30-29(32-23-35-30)25-17-19-27(33)20-18-25/h12-21,23,33H,2-11,22H2,1H3,(H,31,34)/b21-14+. The Morgan fingerprint density at radius 2 is 1.46 bits per heavy atom. The lowest BCUT2D eigenvalue weighted by Crippen LogP contribution is -2.21. The molecule has 1 heterocycles. The Morgan fingerprint density at radius 1 is 0.857 bits per heavy atom. The van der Waals surface area contributed by atoms with Crippen molar-refractivity contribution in [2.45, 2.75) is 71.1 Å². The van der Waals surface area contributed by atoms with Crippen LogP contribution in [0.25, 0.3) is 27.8 Å². The molecule has 0 aliphatic rings. The van der Waals surface area contributed by atoms with Crippen molar-refractivity contribution >= 4 is 23.3 Å². The van der Waals surface area contributed by atoms with Crippen LogP contribution in [-0.2, 0) is 4.79 Å². The SMILES string of the molecule is CCCCCCCCCCCCNC(=O)/C=C/c1ccc(-c2scnc2-c2ccc(O)cc2)cc1. The number of aromatic nitrogens is 1. The van der Waals surface area contributed by atoms with Crippen molar-refractivity contribution < 1.29 is 9.90 Å². The minimum absolute atomic E-state index is 0.0397. The fourth-order valence-corrected chi connectivity index (χ4v) is 4.89. The number of aromatic hydroxyl groups is 1. The summed E-state index contributed by atoms with van der Waals surface area (Å²) >= 11 is 1.59. The summed E-state index contributed by atoms with van der Waals surface area (Å²) < 4.78 is 0. The molecule has 3 aromatic rings. The van der Waals surface area contributed by atoms with E-state index < -0.39 is 0 Å². The molecule has 2 aromatic carbocycles. The molecule has 0 bridgehead atoms. The van der Waals surface area contributed by atoms with Crippen molar-refractivity contribution in [3.63, 3.8) is 0 Å². The molecule has 0 saturated heterocycles. The van der Waals surface area contributed by atoms with Crippen molar-refractivity contribution in [1.29, 1.82) is 0 Å². The fourth-order valence-electron chi connectivity index (χ4n) is 4.08. The summed E-state index contributed by atoms with van der Waals surface area (Å²) in [5.74, 6) is 0.205. The van der Waals surface area contributed by atoms with Gasteiger partial charge in [-0.2, -0.15) is 0 Å². The zero-order chi connectivity index (χ0) is 24.7. The van der Waals surface area contributed by atoms with Crippen molar-refractivity contribution in [2.24, 2.45) is 0 Å². The quantitative estimate of drug-likeness (QED) is 0.167. The summed E-state index contributed by atoms with van der Waals surface area (Å²) in [6.07, 6.45) is 16.4. The van der Waals surface area contributed by atoms with E-state index >= 15 is 0 Å². The number of carbonyl (C=O) groups excluding carboxylic acids is 1. The Labute approximate surface area is 214 Å². The highest BCUT2D eigenvalue weighted by Gasteiger charge is 2.11. The van der Waals surface area contributed by atoms with Crippen LogP contribution in [-0.4, -0.2) is 22.5 Å². The van der Waals surface area contributed by atoms with Crippen molar-refractivity contribution in [1.82, 2.24) is 10.3 Å². The molecule has 4 nitrogen and oxygen atoms in total. The number of nitrogens with zero attached hydrogens (tertiary/aromatic N) is 1. The van der Waals surface area contributed by atoms with E-state index in [9.17, 15) is 9.90 Å². The number of phenolic OH excluding ortho intramolecular Hbond substituents is 1. The summed E-state index contributed by atoms with van der Waals surface area (Å²) in [4.78, 5) is 17.7. The van der Waals surface area contributed by atoms with Gasteiger partial charge in [-0.05, 0) is 47.9 Å². The van der Waals surface area contributed by atoms with Gasteiger partial charge < -0.3 is 10.4 Å².